The number of hydrogen-bond donors (Lipinski definition) is 1. The molecule has 1 N–H and O–H groups in total. The monoisotopic (exact) mass is 223 g/mol. The number of esters is 1. The smallest absolute Gasteiger partial charge is 0.339 e. The maximum absolute atomic E-state index is 11.5. The molecule has 15 heavy (non-hydrogen) atoms. The number of carbonyl (C=O) groups excluding carboxylic acids is 1. The molecular formula is C10H9NO3S. The van der Waals surface area contributed by atoms with E-state index in [2.05, 4.69) is 4.98 Å². The van der Waals surface area contributed by atoms with Gasteiger partial charge in [-0.15, -0.1) is 11.3 Å². The highest BCUT2D eigenvalue weighted by molar-refractivity contribution is 7.17. The summed E-state index contributed by atoms with van der Waals surface area (Å²) in [6.07, 6.45) is 1.57. The number of nitrogens with one attached hydrogen (secondary N) is 1. The first kappa shape index (κ1) is 9.92. The zero-order chi connectivity index (χ0) is 10.8. The number of ether oxygens (including phenoxy) is 1. The lowest BCUT2D eigenvalue weighted by molar-refractivity contribution is 0.0529. The van der Waals surface area contributed by atoms with Crippen LogP contribution in [0, 0.1) is 0 Å². The van der Waals surface area contributed by atoms with Crippen LogP contribution in [0.15, 0.2) is 22.4 Å². The Kier molecular flexibility index (Phi) is 2.55. The minimum Gasteiger partial charge on any atom is -0.462 e. The molecule has 0 radical (unpaired) electrons. The summed E-state index contributed by atoms with van der Waals surface area (Å²) in [5.74, 6) is -0.444. The number of H-pyrrole nitrogens is 1. The largest absolute Gasteiger partial charge is 0.462 e. The Morgan fingerprint density at radius 3 is 3.13 bits per heavy atom. The Morgan fingerprint density at radius 2 is 2.40 bits per heavy atom. The Labute approximate surface area is 89.5 Å². The first-order valence-electron chi connectivity index (χ1n) is 4.50. The summed E-state index contributed by atoms with van der Waals surface area (Å²) in [7, 11) is 0. The molecule has 0 bridgehead atoms. The number of aromatic nitrogens is 1. The van der Waals surface area contributed by atoms with Gasteiger partial charge >= 0.3 is 5.97 Å². The Morgan fingerprint density at radius 1 is 1.60 bits per heavy atom. The fourth-order valence-electron chi connectivity index (χ4n) is 1.35. The number of thiophene rings is 1. The third-order valence-electron chi connectivity index (χ3n) is 1.99. The van der Waals surface area contributed by atoms with Gasteiger partial charge in [0.15, 0.2) is 0 Å². The van der Waals surface area contributed by atoms with Crippen LogP contribution < -0.4 is 5.56 Å². The molecule has 5 heteroatoms. The SMILES string of the molecule is CCOC(=O)c1csc2cc[nH]c(=O)c12. The molecule has 0 spiro atoms. The van der Waals surface area contributed by atoms with Crippen molar-refractivity contribution in [3.05, 3.63) is 33.6 Å². The van der Waals surface area contributed by atoms with E-state index in [0.717, 1.165) is 4.70 Å². The summed E-state index contributed by atoms with van der Waals surface area (Å²) in [5, 5.41) is 2.07. The van der Waals surface area contributed by atoms with Crippen molar-refractivity contribution in [2.24, 2.45) is 0 Å². The lowest BCUT2D eigenvalue weighted by atomic mass is 10.2. The molecule has 0 atom stereocenters. The Balaban J connectivity index is 2.62. The summed E-state index contributed by atoms with van der Waals surface area (Å²) in [6, 6.07) is 1.77. The highest BCUT2D eigenvalue weighted by Crippen LogP contribution is 2.22. The van der Waals surface area contributed by atoms with Crippen LogP contribution in [-0.2, 0) is 4.74 Å². The van der Waals surface area contributed by atoms with Gasteiger partial charge in [-0.25, -0.2) is 4.79 Å². The maximum atomic E-state index is 11.5. The van der Waals surface area contributed by atoms with E-state index in [1.165, 1.54) is 11.3 Å². The second kappa shape index (κ2) is 3.86. The van der Waals surface area contributed by atoms with Crippen molar-refractivity contribution in [1.29, 1.82) is 0 Å². The van der Waals surface area contributed by atoms with Crippen molar-refractivity contribution in [2.75, 3.05) is 6.61 Å². The van der Waals surface area contributed by atoms with E-state index in [-0.39, 0.29) is 5.56 Å². The molecule has 4 nitrogen and oxygen atoms in total. The average molecular weight is 223 g/mol. The maximum Gasteiger partial charge on any atom is 0.339 e. The van der Waals surface area contributed by atoms with Gasteiger partial charge in [0.05, 0.1) is 17.6 Å². The van der Waals surface area contributed by atoms with Gasteiger partial charge in [-0.1, -0.05) is 0 Å². The van der Waals surface area contributed by atoms with Crippen LogP contribution in [0.3, 0.4) is 0 Å². The normalized spacial score (nSPS) is 10.5. The third kappa shape index (κ3) is 1.66. The lowest BCUT2D eigenvalue weighted by Gasteiger charge is -1.98. The Bertz CT molecular complexity index is 555. The van der Waals surface area contributed by atoms with Crippen LogP contribution >= 0.6 is 11.3 Å². The van der Waals surface area contributed by atoms with Gasteiger partial charge < -0.3 is 9.72 Å². The molecule has 0 aliphatic rings. The van der Waals surface area contributed by atoms with Crippen molar-refractivity contribution in [3.63, 3.8) is 0 Å². The van der Waals surface area contributed by atoms with Gasteiger partial charge in [-0.2, -0.15) is 0 Å². The first-order chi connectivity index (χ1) is 7.24. The fourth-order valence-corrected chi connectivity index (χ4v) is 2.28. The van der Waals surface area contributed by atoms with Crippen molar-refractivity contribution in [3.8, 4) is 0 Å². The number of fused-ring (bicyclic) bond motifs is 1. The number of carbonyl (C=O) groups is 1. The number of hydrogen-bond acceptors (Lipinski definition) is 4. The summed E-state index contributed by atoms with van der Waals surface area (Å²) >= 11 is 1.36. The predicted octanol–water partition coefficient (Wildman–Crippen LogP) is 1.77. The molecule has 2 aromatic rings. The highest BCUT2D eigenvalue weighted by atomic mass is 32.1. The van der Waals surface area contributed by atoms with E-state index < -0.39 is 5.97 Å². The molecule has 0 aliphatic carbocycles. The topological polar surface area (TPSA) is 59.2 Å². The molecule has 0 unspecified atom stereocenters. The standard InChI is InChI=1S/C10H9NO3S/c1-2-14-10(13)6-5-15-7-3-4-11-9(12)8(6)7/h3-5H,2H2,1H3,(H,11,12). The summed E-state index contributed by atoms with van der Waals surface area (Å²) in [5.41, 5.74) is 0.0931. The molecule has 2 rings (SSSR count). The van der Waals surface area contributed by atoms with Crippen LogP contribution in [0.5, 0.6) is 0 Å². The molecule has 0 amide bonds. The second-order valence-electron chi connectivity index (χ2n) is 2.92. The molecule has 78 valence electrons. The molecule has 0 aliphatic heterocycles. The van der Waals surface area contributed by atoms with E-state index >= 15 is 0 Å². The van der Waals surface area contributed by atoms with Crippen molar-refractivity contribution in [1.82, 2.24) is 4.98 Å². The van der Waals surface area contributed by atoms with Crippen LogP contribution in [0.4, 0.5) is 0 Å². The van der Waals surface area contributed by atoms with E-state index in [0.29, 0.717) is 17.6 Å². The average Bonchev–Trinajstić information content (AvgIpc) is 2.63. The minimum atomic E-state index is -0.444. The fraction of sp³-hybridized carbons (Fsp3) is 0.200. The van der Waals surface area contributed by atoms with Gasteiger partial charge in [-0.3, -0.25) is 4.79 Å². The number of pyridine rings is 1. The van der Waals surface area contributed by atoms with Crippen LogP contribution in [-0.4, -0.2) is 17.6 Å². The van der Waals surface area contributed by atoms with E-state index in [1.807, 2.05) is 0 Å². The van der Waals surface area contributed by atoms with Crippen molar-refractivity contribution in [2.45, 2.75) is 6.92 Å². The van der Waals surface area contributed by atoms with Gasteiger partial charge in [0.25, 0.3) is 5.56 Å². The van der Waals surface area contributed by atoms with E-state index in [1.54, 1.807) is 24.6 Å². The number of rotatable bonds is 2. The van der Waals surface area contributed by atoms with Gasteiger partial charge in [-0.05, 0) is 13.0 Å². The zero-order valence-corrected chi connectivity index (χ0v) is 8.89. The van der Waals surface area contributed by atoms with Gasteiger partial charge in [0, 0.05) is 16.3 Å². The Hall–Kier alpha value is -1.62. The van der Waals surface area contributed by atoms with E-state index in [9.17, 15) is 9.59 Å². The summed E-state index contributed by atoms with van der Waals surface area (Å²) < 4.78 is 5.66. The van der Waals surface area contributed by atoms with Crippen molar-refractivity contribution < 1.29 is 9.53 Å². The van der Waals surface area contributed by atoms with Crippen LogP contribution in [0.25, 0.3) is 10.1 Å². The number of aromatic amines is 1. The van der Waals surface area contributed by atoms with Crippen molar-refractivity contribution >= 4 is 27.4 Å². The molecule has 0 saturated carbocycles. The predicted molar refractivity (Wildman–Crippen MR) is 58.4 cm³/mol. The van der Waals surface area contributed by atoms with Gasteiger partial charge in [0.1, 0.15) is 0 Å². The molecule has 2 aromatic heterocycles. The van der Waals surface area contributed by atoms with Crippen LogP contribution in [0.1, 0.15) is 17.3 Å². The zero-order valence-electron chi connectivity index (χ0n) is 8.07. The first-order valence-corrected chi connectivity index (χ1v) is 5.38. The second-order valence-corrected chi connectivity index (χ2v) is 3.83. The van der Waals surface area contributed by atoms with Crippen LogP contribution in [0.2, 0.25) is 0 Å². The van der Waals surface area contributed by atoms with E-state index in [4.69, 9.17) is 4.74 Å². The van der Waals surface area contributed by atoms with Gasteiger partial charge in [0.2, 0.25) is 0 Å². The summed E-state index contributed by atoms with van der Waals surface area (Å²) in [6.45, 7) is 2.04. The quantitative estimate of drug-likeness (QED) is 0.789. The molecule has 0 fully saturated rings. The third-order valence-corrected chi connectivity index (χ3v) is 2.94. The highest BCUT2D eigenvalue weighted by Gasteiger charge is 2.15. The minimum absolute atomic E-state index is 0.253. The molecule has 0 aromatic carbocycles. The molecule has 0 saturated heterocycles. The molecular weight excluding hydrogens is 214 g/mol. The summed E-state index contributed by atoms with van der Waals surface area (Å²) in [4.78, 5) is 25.6. The lowest BCUT2D eigenvalue weighted by Crippen LogP contribution is -2.10. The molecule has 2 heterocycles.